The maximum Gasteiger partial charge on any atom is 0.349 e. The molecule has 100 valence electrons. The summed E-state index contributed by atoms with van der Waals surface area (Å²) in [6.45, 7) is 0. The van der Waals surface area contributed by atoms with Crippen LogP contribution in [0.2, 0.25) is 0 Å². The smallest absolute Gasteiger partial charge is 0.293 e. The second-order valence-electron chi connectivity index (χ2n) is 5.23. The quantitative estimate of drug-likeness (QED) is 0.628. The Hall–Kier alpha value is -1.28. The highest BCUT2D eigenvalue weighted by Gasteiger charge is 2.27. The van der Waals surface area contributed by atoms with Crippen LogP contribution in [0.4, 0.5) is 0 Å². The average molecular weight is 275 g/mol. The molecule has 0 saturated heterocycles. The summed E-state index contributed by atoms with van der Waals surface area (Å²) >= 11 is 1.41. The summed E-state index contributed by atoms with van der Waals surface area (Å²) < 4.78 is 1.96. The Morgan fingerprint density at radius 2 is 2.11 bits per heavy atom. The van der Waals surface area contributed by atoms with Crippen LogP contribution < -0.4 is 5.69 Å². The maximum atomic E-state index is 12.3. The zero-order valence-electron chi connectivity index (χ0n) is 10.9. The van der Waals surface area contributed by atoms with Crippen LogP contribution in [0.1, 0.15) is 49.4 Å². The van der Waals surface area contributed by atoms with Gasteiger partial charge < -0.3 is 0 Å². The van der Waals surface area contributed by atoms with Gasteiger partial charge in [0.25, 0.3) is 0 Å². The van der Waals surface area contributed by atoms with E-state index >= 15 is 0 Å². The molecule has 1 fully saturated rings. The molecule has 0 amide bonds. The zero-order valence-corrected chi connectivity index (χ0v) is 11.7. The fourth-order valence-electron chi connectivity index (χ4n) is 3.31. The lowest BCUT2D eigenvalue weighted by atomic mass is 10.2. The van der Waals surface area contributed by atoms with E-state index in [1.54, 1.807) is 0 Å². The third-order valence-electron chi connectivity index (χ3n) is 4.10. The number of rotatable bonds is 3. The van der Waals surface area contributed by atoms with Gasteiger partial charge in [0.2, 0.25) is 0 Å². The molecule has 1 aromatic heterocycles. The second kappa shape index (κ2) is 5.38. The molecule has 0 unspecified atom stereocenters. The van der Waals surface area contributed by atoms with E-state index in [0.717, 1.165) is 37.1 Å². The van der Waals surface area contributed by atoms with Crippen LogP contribution in [0.3, 0.4) is 0 Å². The van der Waals surface area contributed by atoms with E-state index in [0.29, 0.717) is 11.8 Å². The lowest BCUT2D eigenvalue weighted by Gasteiger charge is -2.19. The van der Waals surface area contributed by atoms with Crippen molar-refractivity contribution < 1.29 is 0 Å². The average Bonchev–Trinajstić information content (AvgIpc) is 3.06. The van der Waals surface area contributed by atoms with Crippen LogP contribution in [0.15, 0.2) is 9.82 Å². The van der Waals surface area contributed by atoms with Gasteiger partial charge in [-0.1, -0.05) is 24.6 Å². The van der Waals surface area contributed by atoms with Crippen molar-refractivity contribution in [2.75, 3.05) is 5.75 Å². The summed E-state index contributed by atoms with van der Waals surface area (Å²) in [5, 5.41) is 9.49. The SMILES string of the molecule is N#CCSc1nc(=O)n(C2CCCC2)c2c1CCC2. The van der Waals surface area contributed by atoms with Crippen molar-refractivity contribution in [1.82, 2.24) is 9.55 Å². The van der Waals surface area contributed by atoms with Crippen LogP contribution in [-0.4, -0.2) is 15.3 Å². The Balaban J connectivity index is 2.05. The molecule has 2 aliphatic carbocycles. The van der Waals surface area contributed by atoms with Gasteiger partial charge in [0.15, 0.2) is 0 Å². The van der Waals surface area contributed by atoms with Gasteiger partial charge in [-0.2, -0.15) is 10.2 Å². The van der Waals surface area contributed by atoms with Crippen molar-refractivity contribution in [2.24, 2.45) is 0 Å². The van der Waals surface area contributed by atoms with Crippen LogP contribution >= 0.6 is 11.8 Å². The van der Waals surface area contributed by atoms with Crippen LogP contribution in [0.25, 0.3) is 0 Å². The molecule has 0 aliphatic heterocycles. The molecule has 1 heterocycles. The largest absolute Gasteiger partial charge is 0.349 e. The van der Waals surface area contributed by atoms with Gasteiger partial charge in [-0.25, -0.2) is 4.79 Å². The standard InChI is InChI=1S/C14H17N3OS/c15-8-9-19-13-11-6-3-7-12(11)17(14(18)16-13)10-4-1-2-5-10/h10H,1-7,9H2. The molecule has 19 heavy (non-hydrogen) atoms. The summed E-state index contributed by atoms with van der Waals surface area (Å²) in [6, 6.07) is 2.47. The highest BCUT2D eigenvalue weighted by atomic mass is 32.2. The topological polar surface area (TPSA) is 58.7 Å². The molecule has 0 spiro atoms. The van der Waals surface area contributed by atoms with Crippen LogP contribution in [0.5, 0.6) is 0 Å². The maximum absolute atomic E-state index is 12.3. The van der Waals surface area contributed by atoms with E-state index in [1.807, 2.05) is 4.57 Å². The molecular formula is C14H17N3OS. The van der Waals surface area contributed by atoms with Gasteiger partial charge >= 0.3 is 5.69 Å². The number of nitrogens with zero attached hydrogens (tertiary/aromatic N) is 3. The highest BCUT2D eigenvalue weighted by molar-refractivity contribution is 7.99. The molecule has 0 radical (unpaired) electrons. The van der Waals surface area contributed by atoms with Gasteiger partial charge in [-0.15, -0.1) is 0 Å². The minimum absolute atomic E-state index is 0.104. The first-order valence-electron chi connectivity index (χ1n) is 6.95. The highest BCUT2D eigenvalue weighted by Crippen LogP contribution is 2.34. The van der Waals surface area contributed by atoms with Crippen molar-refractivity contribution in [2.45, 2.75) is 56.0 Å². The number of fused-ring (bicyclic) bond motifs is 1. The first kappa shape index (κ1) is 12.7. The molecular weight excluding hydrogens is 258 g/mol. The molecule has 0 aromatic carbocycles. The fourth-order valence-corrected chi connectivity index (χ4v) is 4.04. The Kier molecular flexibility index (Phi) is 3.61. The molecule has 1 saturated carbocycles. The number of thioether (sulfide) groups is 1. The molecule has 1 aromatic rings. The molecule has 0 atom stereocenters. The number of hydrogen-bond acceptors (Lipinski definition) is 4. The zero-order chi connectivity index (χ0) is 13.2. The van der Waals surface area contributed by atoms with Gasteiger partial charge in [0.1, 0.15) is 5.03 Å². The predicted octanol–water partition coefficient (Wildman–Crippen LogP) is 2.46. The monoisotopic (exact) mass is 275 g/mol. The summed E-state index contributed by atoms with van der Waals surface area (Å²) in [5.41, 5.74) is 2.33. The molecule has 0 bridgehead atoms. The first-order chi connectivity index (χ1) is 9.31. The Bertz CT molecular complexity index is 582. The number of aromatic nitrogens is 2. The van der Waals surface area contributed by atoms with Crippen molar-refractivity contribution >= 4 is 11.8 Å². The van der Waals surface area contributed by atoms with Crippen molar-refractivity contribution in [3.05, 3.63) is 21.7 Å². The summed E-state index contributed by atoms with van der Waals surface area (Å²) in [4.78, 5) is 16.6. The van der Waals surface area contributed by atoms with E-state index in [1.165, 1.54) is 35.9 Å². The predicted molar refractivity (Wildman–Crippen MR) is 74.4 cm³/mol. The molecule has 5 heteroatoms. The van der Waals surface area contributed by atoms with Crippen LogP contribution in [0, 0.1) is 11.3 Å². The van der Waals surface area contributed by atoms with E-state index < -0.39 is 0 Å². The van der Waals surface area contributed by atoms with E-state index in [4.69, 9.17) is 5.26 Å². The van der Waals surface area contributed by atoms with E-state index in [2.05, 4.69) is 11.1 Å². The Morgan fingerprint density at radius 1 is 1.32 bits per heavy atom. The first-order valence-corrected chi connectivity index (χ1v) is 7.94. The number of nitriles is 1. The fraction of sp³-hybridized carbons (Fsp3) is 0.643. The third kappa shape index (κ3) is 2.30. The third-order valence-corrected chi connectivity index (χ3v) is 4.99. The summed E-state index contributed by atoms with van der Waals surface area (Å²) in [5.74, 6) is 0.367. The Morgan fingerprint density at radius 3 is 2.84 bits per heavy atom. The molecule has 0 N–H and O–H groups in total. The van der Waals surface area contributed by atoms with Gasteiger partial charge in [-0.05, 0) is 32.1 Å². The van der Waals surface area contributed by atoms with Crippen molar-refractivity contribution in [3.8, 4) is 6.07 Å². The summed E-state index contributed by atoms with van der Waals surface area (Å²) in [6.07, 6.45) is 7.76. The van der Waals surface area contributed by atoms with Gasteiger partial charge in [-0.3, -0.25) is 4.57 Å². The van der Waals surface area contributed by atoms with Gasteiger partial charge in [0.05, 0.1) is 11.8 Å². The van der Waals surface area contributed by atoms with E-state index in [-0.39, 0.29) is 5.69 Å². The lowest BCUT2D eigenvalue weighted by molar-refractivity contribution is 0.471. The summed E-state index contributed by atoms with van der Waals surface area (Å²) in [7, 11) is 0. The van der Waals surface area contributed by atoms with E-state index in [9.17, 15) is 4.79 Å². The lowest BCUT2D eigenvalue weighted by Crippen LogP contribution is -2.29. The van der Waals surface area contributed by atoms with Crippen molar-refractivity contribution in [1.29, 1.82) is 5.26 Å². The molecule has 3 rings (SSSR count). The number of hydrogen-bond donors (Lipinski definition) is 0. The molecule has 4 nitrogen and oxygen atoms in total. The minimum atomic E-state index is -0.104. The minimum Gasteiger partial charge on any atom is -0.293 e. The van der Waals surface area contributed by atoms with Crippen LogP contribution in [-0.2, 0) is 12.8 Å². The van der Waals surface area contributed by atoms with Gasteiger partial charge in [0, 0.05) is 17.3 Å². The normalized spacial score (nSPS) is 18.5. The Labute approximate surface area is 116 Å². The van der Waals surface area contributed by atoms with Crippen molar-refractivity contribution in [3.63, 3.8) is 0 Å². The second-order valence-corrected chi connectivity index (χ2v) is 6.20. The molecule has 2 aliphatic rings.